The van der Waals surface area contributed by atoms with E-state index in [2.05, 4.69) is 19.2 Å². The van der Waals surface area contributed by atoms with Crippen molar-refractivity contribution in [3.8, 4) is 5.75 Å². The average molecular weight is 308 g/mol. The van der Waals surface area contributed by atoms with Gasteiger partial charge in [-0.15, -0.1) is 0 Å². The number of nitrogens with one attached hydrogen (secondary N) is 1. The van der Waals surface area contributed by atoms with E-state index in [1.165, 1.54) is 12.1 Å². The van der Waals surface area contributed by atoms with E-state index in [1.807, 2.05) is 24.3 Å². The van der Waals surface area contributed by atoms with Crippen molar-refractivity contribution < 1.29 is 9.13 Å². The molecule has 0 bridgehead atoms. The highest BCUT2D eigenvalue weighted by molar-refractivity contribution is 6.31. The van der Waals surface area contributed by atoms with Gasteiger partial charge in [-0.3, -0.25) is 0 Å². The summed E-state index contributed by atoms with van der Waals surface area (Å²) < 4.78 is 19.1. The van der Waals surface area contributed by atoms with E-state index in [0.29, 0.717) is 10.6 Å². The molecule has 2 nitrogen and oxygen atoms in total. The lowest BCUT2D eigenvalue weighted by Crippen LogP contribution is -2.18. The highest BCUT2D eigenvalue weighted by Crippen LogP contribution is 2.26. The van der Waals surface area contributed by atoms with Gasteiger partial charge in [-0.05, 0) is 37.7 Å². The van der Waals surface area contributed by atoms with Crippen LogP contribution in [0.3, 0.4) is 0 Å². The molecule has 0 aromatic heterocycles. The molecule has 0 fully saturated rings. The Bertz CT molecular complexity index is 603. The zero-order valence-electron chi connectivity index (χ0n) is 12.2. The molecule has 0 saturated carbocycles. The number of benzene rings is 2. The summed E-state index contributed by atoms with van der Waals surface area (Å²) in [7, 11) is 0. The largest absolute Gasteiger partial charge is 0.489 e. The van der Waals surface area contributed by atoms with Gasteiger partial charge in [0.25, 0.3) is 0 Å². The van der Waals surface area contributed by atoms with E-state index in [4.69, 9.17) is 16.3 Å². The van der Waals surface area contributed by atoms with Gasteiger partial charge >= 0.3 is 0 Å². The molecule has 0 aliphatic rings. The summed E-state index contributed by atoms with van der Waals surface area (Å²) in [6, 6.07) is 12.3. The summed E-state index contributed by atoms with van der Waals surface area (Å²) in [5.74, 6) is 0.471. The third-order valence-electron chi connectivity index (χ3n) is 3.29. The fourth-order valence-corrected chi connectivity index (χ4v) is 2.37. The predicted molar refractivity (Wildman–Crippen MR) is 84.3 cm³/mol. The van der Waals surface area contributed by atoms with Gasteiger partial charge in [0.1, 0.15) is 18.2 Å². The Morgan fingerprint density at radius 2 is 2.00 bits per heavy atom. The van der Waals surface area contributed by atoms with Crippen LogP contribution in [0.1, 0.15) is 31.0 Å². The van der Waals surface area contributed by atoms with Gasteiger partial charge in [0.2, 0.25) is 0 Å². The van der Waals surface area contributed by atoms with Crippen molar-refractivity contribution >= 4 is 11.6 Å². The van der Waals surface area contributed by atoms with Gasteiger partial charge < -0.3 is 10.1 Å². The highest BCUT2D eigenvalue weighted by Gasteiger charge is 2.11. The van der Waals surface area contributed by atoms with Gasteiger partial charge in [-0.25, -0.2) is 4.39 Å². The maximum absolute atomic E-state index is 13.3. The van der Waals surface area contributed by atoms with Crippen LogP contribution >= 0.6 is 11.6 Å². The van der Waals surface area contributed by atoms with E-state index in [-0.39, 0.29) is 18.5 Å². The van der Waals surface area contributed by atoms with Crippen LogP contribution in [0.15, 0.2) is 42.5 Å². The third kappa shape index (κ3) is 4.19. The molecule has 0 amide bonds. The lowest BCUT2D eigenvalue weighted by Gasteiger charge is -2.18. The summed E-state index contributed by atoms with van der Waals surface area (Å²) in [6.07, 6.45) is 0. The molecule has 1 unspecified atom stereocenters. The van der Waals surface area contributed by atoms with Crippen LogP contribution in [0.4, 0.5) is 4.39 Å². The lowest BCUT2D eigenvalue weighted by molar-refractivity contribution is 0.299. The van der Waals surface area contributed by atoms with Gasteiger partial charge in [0.15, 0.2) is 0 Å². The van der Waals surface area contributed by atoms with Crippen LogP contribution in [0.5, 0.6) is 5.75 Å². The van der Waals surface area contributed by atoms with Crippen molar-refractivity contribution in [3.05, 3.63) is 64.4 Å². The highest BCUT2D eigenvalue weighted by atomic mass is 35.5. The first-order chi connectivity index (χ1) is 10.1. The molecule has 2 rings (SSSR count). The molecule has 0 heterocycles. The second-order valence-corrected chi connectivity index (χ2v) is 5.25. The molecule has 1 N–H and O–H groups in total. The molecule has 0 aliphatic carbocycles. The monoisotopic (exact) mass is 307 g/mol. The van der Waals surface area contributed by atoms with E-state index >= 15 is 0 Å². The Labute approximate surface area is 129 Å². The molecule has 0 aliphatic heterocycles. The van der Waals surface area contributed by atoms with Crippen molar-refractivity contribution in [2.75, 3.05) is 6.54 Å². The number of para-hydroxylation sites is 1. The van der Waals surface area contributed by atoms with E-state index < -0.39 is 0 Å². The van der Waals surface area contributed by atoms with Crippen molar-refractivity contribution in [1.29, 1.82) is 0 Å². The molecule has 21 heavy (non-hydrogen) atoms. The Balaban J connectivity index is 2.14. The summed E-state index contributed by atoms with van der Waals surface area (Å²) in [4.78, 5) is 0. The summed E-state index contributed by atoms with van der Waals surface area (Å²) in [6.45, 7) is 5.27. The number of rotatable bonds is 6. The van der Waals surface area contributed by atoms with E-state index in [0.717, 1.165) is 17.9 Å². The number of ether oxygens (including phenoxy) is 1. The molecule has 2 aromatic carbocycles. The Hall–Kier alpha value is -1.58. The Kier molecular flexibility index (Phi) is 5.59. The van der Waals surface area contributed by atoms with Crippen LogP contribution in [-0.4, -0.2) is 6.54 Å². The Morgan fingerprint density at radius 3 is 2.76 bits per heavy atom. The lowest BCUT2D eigenvalue weighted by atomic mass is 10.1. The second-order valence-electron chi connectivity index (χ2n) is 4.84. The summed E-state index contributed by atoms with van der Waals surface area (Å²) in [5.41, 5.74) is 1.72. The first-order valence-corrected chi connectivity index (χ1v) is 7.38. The minimum Gasteiger partial charge on any atom is -0.489 e. The standard InChI is InChI=1S/C17H19ClFNO/c1-3-20-12(2)15-6-4-5-7-17(15)21-11-13-10-14(19)8-9-16(13)18/h4-10,12,20H,3,11H2,1-2H3. The topological polar surface area (TPSA) is 21.3 Å². The van der Waals surface area contributed by atoms with Gasteiger partial charge in [0.05, 0.1) is 0 Å². The number of halogens is 2. The zero-order chi connectivity index (χ0) is 15.2. The van der Waals surface area contributed by atoms with Gasteiger partial charge in [-0.2, -0.15) is 0 Å². The molecule has 0 saturated heterocycles. The van der Waals surface area contributed by atoms with Gasteiger partial charge in [-0.1, -0.05) is 36.7 Å². The fraction of sp³-hybridized carbons (Fsp3) is 0.294. The summed E-state index contributed by atoms with van der Waals surface area (Å²) >= 11 is 6.06. The first-order valence-electron chi connectivity index (χ1n) is 7.01. The van der Waals surface area contributed by atoms with Crippen molar-refractivity contribution in [1.82, 2.24) is 5.32 Å². The maximum atomic E-state index is 13.3. The van der Waals surface area contributed by atoms with Crippen LogP contribution in [-0.2, 0) is 6.61 Å². The zero-order valence-corrected chi connectivity index (χ0v) is 13.0. The van der Waals surface area contributed by atoms with Crippen LogP contribution in [0.25, 0.3) is 0 Å². The maximum Gasteiger partial charge on any atom is 0.124 e. The van der Waals surface area contributed by atoms with Crippen LogP contribution < -0.4 is 10.1 Å². The summed E-state index contributed by atoms with van der Waals surface area (Å²) in [5, 5.41) is 3.86. The fourth-order valence-electron chi connectivity index (χ4n) is 2.20. The first kappa shape index (κ1) is 15.8. The third-order valence-corrected chi connectivity index (χ3v) is 3.66. The second kappa shape index (κ2) is 7.43. The Morgan fingerprint density at radius 1 is 1.24 bits per heavy atom. The molecular weight excluding hydrogens is 289 g/mol. The van der Waals surface area contributed by atoms with Crippen molar-refractivity contribution in [2.45, 2.75) is 26.5 Å². The van der Waals surface area contributed by atoms with Crippen molar-refractivity contribution in [3.63, 3.8) is 0 Å². The van der Waals surface area contributed by atoms with Crippen LogP contribution in [0, 0.1) is 5.82 Å². The number of hydrogen-bond acceptors (Lipinski definition) is 2. The van der Waals surface area contributed by atoms with Crippen LogP contribution in [0.2, 0.25) is 5.02 Å². The SMILES string of the molecule is CCNC(C)c1ccccc1OCc1cc(F)ccc1Cl. The molecule has 0 spiro atoms. The van der Waals surface area contributed by atoms with Gasteiger partial charge in [0, 0.05) is 22.2 Å². The van der Waals surface area contributed by atoms with Crippen molar-refractivity contribution in [2.24, 2.45) is 0 Å². The quantitative estimate of drug-likeness (QED) is 0.833. The molecule has 2 aromatic rings. The predicted octanol–water partition coefficient (Wildman–Crippen LogP) is 4.73. The minimum atomic E-state index is -0.313. The van der Waals surface area contributed by atoms with E-state index in [9.17, 15) is 4.39 Å². The molecule has 112 valence electrons. The molecule has 1 atom stereocenters. The number of hydrogen-bond donors (Lipinski definition) is 1. The van der Waals surface area contributed by atoms with E-state index in [1.54, 1.807) is 6.07 Å². The normalized spacial score (nSPS) is 12.2. The average Bonchev–Trinajstić information content (AvgIpc) is 2.49. The molecular formula is C17H19ClFNO. The smallest absolute Gasteiger partial charge is 0.124 e. The minimum absolute atomic E-state index is 0.189. The molecule has 4 heteroatoms. The molecule has 0 radical (unpaired) electrons.